The van der Waals surface area contributed by atoms with E-state index in [1.165, 1.54) is 0 Å². The molecule has 4 nitrogen and oxygen atoms in total. The summed E-state index contributed by atoms with van der Waals surface area (Å²) < 4.78 is 2.01. The zero-order chi connectivity index (χ0) is 13.2. The van der Waals surface area contributed by atoms with Gasteiger partial charge in [0.2, 0.25) is 0 Å². The Kier molecular flexibility index (Phi) is 2.98. The van der Waals surface area contributed by atoms with Crippen molar-refractivity contribution in [1.82, 2.24) is 9.78 Å². The summed E-state index contributed by atoms with van der Waals surface area (Å²) in [6.45, 7) is 2.47. The highest BCUT2D eigenvalue weighted by molar-refractivity contribution is 5.62. The third-order valence-corrected chi connectivity index (χ3v) is 3.52. The van der Waals surface area contributed by atoms with E-state index in [9.17, 15) is 0 Å². The molecule has 1 aliphatic rings. The Bertz CT molecular complexity index is 606. The van der Waals surface area contributed by atoms with Crippen LogP contribution in [0.25, 0.3) is 0 Å². The van der Waals surface area contributed by atoms with Crippen LogP contribution < -0.4 is 10.6 Å². The van der Waals surface area contributed by atoms with Crippen LogP contribution in [-0.4, -0.2) is 22.9 Å². The Morgan fingerprint density at radius 1 is 1.26 bits per heavy atom. The molecule has 2 aromatic rings. The lowest BCUT2D eigenvalue weighted by Gasteiger charge is -2.34. The van der Waals surface area contributed by atoms with E-state index in [1.54, 1.807) is 0 Å². The van der Waals surface area contributed by atoms with Crippen molar-refractivity contribution in [3.63, 3.8) is 0 Å². The number of rotatable bonds is 2. The Morgan fingerprint density at radius 2 is 2.05 bits per heavy atom. The van der Waals surface area contributed by atoms with E-state index in [1.807, 2.05) is 41.2 Å². The first-order chi connectivity index (χ1) is 9.31. The molecule has 2 heterocycles. The van der Waals surface area contributed by atoms with E-state index in [0.717, 1.165) is 30.2 Å². The van der Waals surface area contributed by atoms with Gasteiger partial charge < -0.3 is 10.6 Å². The van der Waals surface area contributed by atoms with Crippen molar-refractivity contribution in [3.8, 4) is 12.3 Å². The second-order valence-corrected chi connectivity index (χ2v) is 4.78. The predicted molar refractivity (Wildman–Crippen MR) is 76.2 cm³/mol. The molecule has 0 saturated heterocycles. The van der Waals surface area contributed by atoms with Crippen molar-refractivity contribution in [2.24, 2.45) is 11.7 Å². The molecule has 0 amide bonds. The summed E-state index contributed by atoms with van der Waals surface area (Å²) in [6, 6.07) is 10.0. The Morgan fingerprint density at radius 3 is 2.74 bits per heavy atom. The summed E-state index contributed by atoms with van der Waals surface area (Å²) in [5, 5.41) is 4.35. The number of benzene rings is 1. The lowest BCUT2D eigenvalue weighted by atomic mass is 10.1. The molecule has 0 fully saturated rings. The van der Waals surface area contributed by atoms with Gasteiger partial charge in [0.1, 0.15) is 5.82 Å². The van der Waals surface area contributed by atoms with Crippen LogP contribution in [0.4, 0.5) is 11.5 Å². The van der Waals surface area contributed by atoms with Crippen molar-refractivity contribution in [1.29, 1.82) is 0 Å². The maximum atomic E-state index is 5.82. The van der Waals surface area contributed by atoms with Crippen molar-refractivity contribution in [2.75, 3.05) is 18.0 Å². The van der Waals surface area contributed by atoms with Gasteiger partial charge in [0.15, 0.2) is 0 Å². The van der Waals surface area contributed by atoms with Crippen molar-refractivity contribution < 1.29 is 0 Å². The highest BCUT2D eigenvalue weighted by Gasteiger charge is 2.24. The molecule has 4 heteroatoms. The van der Waals surface area contributed by atoms with Crippen LogP contribution in [0.3, 0.4) is 0 Å². The zero-order valence-electron chi connectivity index (χ0n) is 10.7. The number of fused-ring (bicyclic) bond motifs is 1. The third kappa shape index (κ3) is 2.09. The number of anilines is 2. The molecule has 2 N–H and O–H groups in total. The van der Waals surface area contributed by atoms with Crippen LogP contribution in [0.5, 0.6) is 0 Å². The maximum Gasteiger partial charge on any atom is 0.131 e. The van der Waals surface area contributed by atoms with Gasteiger partial charge in [-0.05, 0) is 30.8 Å². The monoisotopic (exact) mass is 252 g/mol. The standard InChI is InChI=1S/C15H16N4/c1-2-12-3-5-14(6-4-12)18-10-13(9-16)11-19-15(18)7-8-17-19/h1,3-8,13H,9-11,16H2. The average Bonchev–Trinajstić information content (AvgIpc) is 2.94. The normalized spacial score (nSPS) is 17.9. The quantitative estimate of drug-likeness (QED) is 0.826. The number of hydrogen-bond donors (Lipinski definition) is 1. The molecule has 3 rings (SSSR count). The van der Waals surface area contributed by atoms with E-state index in [2.05, 4.69) is 15.9 Å². The number of nitrogens with two attached hydrogens (primary N) is 1. The maximum absolute atomic E-state index is 5.82. The molecule has 0 spiro atoms. The molecule has 19 heavy (non-hydrogen) atoms. The van der Waals surface area contributed by atoms with E-state index < -0.39 is 0 Å². The molecule has 0 saturated carbocycles. The first-order valence-corrected chi connectivity index (χ1v) is 6.38. The number of aromatic nitrogens is 2. The van der Waals surface area contributed by atoms with Crippen molar-refractivity contribution in [3.05, 3.63) is 42.1 Å². The van der Waals surface area contributed by atoms with Gasteiger partial charge in [-0.3, -0.25) is 0 Å². The van der Waals surface area contributed by atoms with Gasteiger partial charge >= 0.3 is 0 Å². The highest BCUT2D eigenvalue weighted by Crippen LogP contribution is 2.30. The van der Waals surface area contributed by atoms with E-state index >= 15 is 0 Å². The highest BCUT2D eigenvalue weighted by atomic mass is 15.4. The fraction of sp³-hybridized carbons (Fsp3) is 0.267. The topological polar surface area (TPSA) is 47.1 Å². The first kappa shape index (κ1) is 11.8. The molecule has 1 unspecified atom stereocenters. The van der Waals surface area contributed by atoms with E-state index in [0.29, 0.717) is 12.5 Å². The summed E-state index contributed by atoms with van der Waals surface area (Å²) in [5.74, 6) is 4.16. The Hall–Kier alpha value is -2.25. The van der Waals surface area contributed by atoms with Gasteiger partial charge in [-0.15, -0.1) is 6.42 Å². The molecule has 0 bridgehead atoms. The Balaban J connectivity index is 1.97. The average molecular weight is 252 g/mol. The fourth-order valence-electron chi connectivity index (χ4n) is 2.47. The minimum atomic E-state index is 0.416. The van der Waals surface area contributed by atoms with Gasteiger partial charge in [0.25, 0.3) is 0 Å². The van der Waals surface area contributed by atoms with Crippen LogP contribution in [0.15, 0.2) is 36.5 Å². The van der Waals surface area contributed by atoms with Crippen LogP contribution in [0, 0.1) is 18.3 Å². The van der Waals surface area contributed by atoms with Crippen molar-refractivity contribution >= 4 is 11.5 Å². The summed E-state index contributed by atoms with van der Waals surface area (Å²) in [4.78, 5) is 2.24. The minimum Gasteiger partial charge on any atom is -0.330 e. The molecular formula is C15H16N4. The van der Waals surface area contributed by atoms with E-state index in [-0.39, 0.29) is 0 Å². The largest absolute Gasteiger partial charge is 0.330 e. The van der Waals surface area contributed by atoms with Gasteiger partial charge in [-0.2, -0.15) is 5.10 Å². The molecule has 1 aromatic carbocycles. The molecule has 1 atom stereocenters. The summed E-state index contributed by atoms with van der Waals surface area (Å²) in [7, 11) is 0. The predicted octanol–water partition coefficient (Wildman–Crippen LogP) is 1.59. The lowest BCUT2D eigenvalue weighted by molar-refractivity contribution is 0.402. The molecule has 96 valence electrons. The Labute approximate surface area is 112 Å². The molecule has 1 aliphatic heterocycles. The third-order valence-electron chi connectivity index (χ3n) is 3.52. The second kappa shape index (κ2) is 4.79. The van der Waals surface area contributed by atoms with Crippen LogP contribution in [-0.2, 0) is 6.54 Å². The molecule has 1 aromatic heterocycles. The zero-order valence-corrected chi connectivity index (χ0v) is 10.7. The van der Waals surface area contributed by atoms with Gasteiger partial charge in [-0.1, -0.05) is 5.92 Å². The number of nitrogens with zero attached hydrogens (tertiary/aromatic N) is 3. The van der Waals surface area contributed by atoms with Crippen LogP contribution in [0.2, 0.25) is 0 Å². The lowest BCUT2D eigenvalue weighted by Crippen LogP contribution is -2.38. The smallest absolute Gasteiger partial charge is 0.131 e. The minimum absolute atomic E-state index is 0.416. The van der Waals surface area contributed by atoms with Gasteiger partial charge in [0.05, 0.1) is 6.20 Å². The van der Waals surface area contributed by atoms with Crippen LogP contribution in [0.1, 0.15) is 5.56 Å². The first-order valence-electron chi connectivity index (χ1n) is 6.38. The second-order valence-electron chi connectivity index (χ2n) is 4.78. The molecule has 0 aliphatic carbocycles. The van der Waals surface area contributed by atoms with Gasteiger partial charge in [0, 0.05) is 36.3 Å². The SMILES string of the molecule is C#Cc1ccc(N2CC(CN)Cn3nccc32)cc1. The fourth-order valence-corrected chi connectivity index (χ4v) is 2.47. The van der Waals surface area contributed by atoms with Crippen molar-refractivity contribution in [2.45, 2.75) is 6.54 Å². The van der Waals surface area contributed by atoms with Crippen LogP contribution >= 0.6 is 0 Å². The summed E-state index contributed by atoms with van der Waals surface area (Å²) >= 11 is 0. The number of terminal acetylenes is 1. The summed E-state index contributed by atoms with van der Waals surface area (Å²) in [5.41, 5.74) is 7.84. The number of hydrogen-bond acceptors (Lipinski definition) is 3. The molecule has 0 radical (unpaired) electrons. The van der Waals surface area contributed by atoms with Gasteiger partial charge in [-0.25, -0.2) is 4.68 Å². The molecular weight excluding hydrogens is 236 g/mol. The summed E-state index contributed by atoms with van der Waals surface area (Å²) in [6.07, 6.45) is 7.22. The van der Waals surface area contributed by atoms with E-state index in [4.69, 9.17) is 12.2 Å².